The molecule has 1 rings (SSSR count). The lowest BCUT2D eigenvalue weighted by molar-refractivity contribution is -0.116. The van der Waals surface area contributed by atoms with Crippen LogP contribution in [-0.4, -0.2) is 24.5 Å². The third kappa shape index (κ3) is 7.27. The maximum atomic E-state index is 11.9. The van der Waals surface area contributed by atoms with Crippen LogP contribution < -0.4 is 15.8 Å². The maximum Gasteiger partial charge on any atom is 0.224 e. The second-order valence-electron chi connectivity index (χ2n) is 4.93. The van der Waals surface area contributed by atoms with Gasteiger partial charge >= 0.3 is 0 Å². The number of ether oxygens (including phenoxy) is 1. The summed E-state index contributed by atoms with van der Waals surface area (Å²) in [7, 11) is 1.58. The lowest BCUT2D eigenvalue weighted by Crippen LogP contribution is -2.12. The van der Waals surface area contributed by atoms with E-state index in [1.165, 1.54) is 25.0 Å². The summed E-state index contributed by atoms with van der Waals surface area (Å²) < 4.78 is 5.21. The second kappa shape index (κ2) is 10.4. The van der Waals surface area contributed by atoms with E-state index in [1.54, 1.807) is 25.3 Å². The average Bonchev–Trinajstić information content (AvgIpc) is 2.46. The summed E-state index contributed by atoms with van der Waals surface area (Å²) in [5.74, 6) is 2.86. The van der Waals surface area contributed by atoms with E-state index in [-0.39, 0.29) is 5.91 Å². The van der Waals surface area contributed by atoms with Gasteiger partial charge < -0.3 is 15.8 Å². The Bertz CT molecular complexity index is 438. The van der Waals surface area contributed by atoms with E-state index in [9.17, 15) is 4.79 Å². The number of rotatable bonds is 10. The minimum absolute atomic E-state index is 0.00746. The lowest BCUT2D eigenvalue weighted by Gasteiger charge is -2.10. The first kappa shape index (κ1) is 17.7. The van der Waals surface area contributed by atoms with Crippen LogP contribution in [0.5, 0.6) is 5.75 Å². The molecule has 1 aromatic rings. The van der Waals surface area contributed by atoms with Crippen LogP contribution in [-0.2, 0) is 4.79 Å². The molecule has 0 aliphatic carbocycles. The summed E-state index contributed by atoms with van der Waals surface area (Å²) in [4.78, 5) is 11.9. The molecule has 0 saturated carbocycles. The predicted octanol–water partition coefficient (Wildman–Crippen LogP) is 3.92. The van der Waals surface area contributed by atoms with Gasteiger partial charge in [0.05, 0.1) is 12.8 Å². The van der Waals surface area contributed by atoms with Gasteiger partial charge in [0.25, 0.3) is 0 Å². The van der Waals surface area contributed by atoms with Gasteiger partial charge in [-0.05, 0) is 42.5 Å². The van der Waals surface area contributed by atoms with Crippen LogP contribution in [0, 0.1) is 0 Å². The van der Waals surface area contributed by atoms with Crippen molar-refractivity contribution in [2.75, 3.05) is 29.7 Å². The van der Waals surface area contributed by atoms with Crippen molar-refractivity contribution >= 4 is 29.0 Å². The first-order chi connectivity index (χ1) is 10.2. The summed E-state index contributed by atoms with van der Waals surface area (Å²) in [6, 6.07) is 5.23. The summed E-state index contributed by atoms with van der Waals surface area (Å²) >= 11 is 1.93. The SMILES string of the molecule is CCCCCSCCCC(=O)Nc1cc(N)ccc1OC. The van der Waals surface area contributed by atoms with Gasteiger partial charge in [-0.2, -0.15) is 11.8 Å². The molecule has 0 heterocycles. The van der Waals surface area contributed by atoms with Crippen molar-refractivity contribution in [2.24, 2.45) is 0 Å². The van der Waals surface area contributed by atoms with Gasteiger partial charge in [0.15, 0.2) is 0 Å². The molecule has 0 bridgehead atoms. The molecule has 4 nitrogen and oxygen atoms in total. The van der Waals surface area contributed by atoms with Gasteiger partial charge in [-0.1, -0.05) is 19.8 Å². The highest BCUT2D eigenvalue weighted by atomic mass is 32.2. The molecule has 3 N–H and O–H groups in total. The van der Waals surface area contributed by atoms with Crippen LogP contribution in [0.15, 0.2) is 18.2 Å². The van der Waals surface area contributed by atoms with Gasteiger partial charge in [-0.3, -0.25) is 4.79 Å². The molecule has 118 valence electrons. The molecule has 0 radical (unpaired) electrons. The Labute approximate surface area is 131 Å². The van der Waals surface area contributed by atoms with E-state index in [0.29, 0.717) is 23.5 Å². The number of unbranched alkanes of at least 4 members (excludes halogenated alkanes) is 2. The standard InChI is InChI=1S/C16H26N2O2S/c1-3-4-5-10-21-11-6-7-16(19)18-14-12-13(17)8-9-15(14)20-2/h8-9,12H,3-7,10-11,17H2,1-2H3,(H,18,19). The fourth-order valence-corrected chi connectivity index (χ4v) is 2.89. The topological polar surface area (TPSA) is 64.4 Å². The number of nitrogens with two attached hydrogens (primary N) is 1. The summed E-state index contributed by atoms with van der Waals surface area (Å²) in [6.45, 7) is 2.21. The molecule has 5 heteroatoms. The lowest BCUT2D eigenvalue weighted by atomic mass is 10.2. The van der Waals surface area contributed by atoms with E-state index in [1.807, 2.05) is 11.8 Å². The van der Waals surface area contributed by atoms with Gasteiger partial charge in [0, 0.05) is 12.1 Å². The molecule has 0 spiro atoms. The molecule has 0 unspecified atom stereocenters. The van der Waals surface area contributed by atoms with Crippen molar-refractivity contribution in [1.82, 2.24) is 0 Å². The van der Waals surface area contributed by atoms with E-state index in [0.717, 1.165) is 12.2 Å². The van der Waals surface area contributed by atoms with Crippen LogP contribution in [0.3, 0.4) is 0 Å². The molecule has 0 fully saturated rings. The number of benzene rings is 1. The van der Waals surface area contributed by atoms with Crippen molar-refractivity contribution in [1.29, 1.82) is 0 Å². The molecule has 0 saturated heterocycles. The molecule has 0 atom stereocenters. The van der Waals surface area contributed by atoms with E-state index < -0.39 is 0 Å². The van der Waals surface area contributed by atoms with Crippen LogP contribution in [0.4, 0.5) is 11.4 Å². The Balaban J connectivity index is 2.26. The number of carbonyl (C=O) groups is 1. The zero-order valence-corrected chi connectivity index (χ0v) is 13.8. The third-order valence-electron chi connectivity index (χ3n) is 3.08. The molecular formula is C16H26N2O2S. The highest BCUT2D eigenvalue weighted by Crippen LogP contribution is 2.26. The summed E-state index contributed by atoms with van der Waals surface area (Å²) in [5, 5.41) is 2.86. The van der Waals surface area contributed by atoms with Gasteiger partial charge in [0.2, 0.25) is 5.91 Å². The van der Waals surface area contributed by atoms with Crippen molar-refractivity contribution in [2.45, 2.75) is 39.0 Å². The monoisotopic (exact) mass is 310 g/mol. The maximum absolute atomic E-state index is 11.9. The van der Waals surface area contributed by atoms with Crippen molar-refractivity contribution in [3.05, 3.63) is 18.2 Å². The second-order valence-corrected chi connectivity index (χ2v) is 6.16. The van der Waals surface area contributed by atoms with E-state index >= 15 is 0 Å². The van der Waals surface area contributed by atoms with Gasteiger partial charge in [0.1, 0.15) is 5.75 Å². The van der Waals surface area contributed by atoms with E-state index in [2.05, 4.69) is 12.2 Å². The third-order valence-corrected chi connectivity index (χ3v) is 4.24. The number of thioether (sulfide) groups is 1. The first-order valence-electron chi connectivity index (χ1n) is 7.48. The Kier molecular flexibility index (Phi) is 8.74. The van der Waals surface area contributed by atoms with Crippen LogP contribution in [0.25, 0.3) is 0 Å². The van der Waals surface area contributed by atoms with Crippen LogP contribution in [0.1, 0.15) is 39.0 Å². The van der Waals surface area contributed by atoms with Crippen LogP contribution in [0.2, 0.25) is 0 Å². The van der Waals surface area contributed by atoms with Crippen molar-refractivity contribution < 1.29 is 9.53 Å². The Morgan fingerprint density at radius 3 is 2.76 bits per heavy atom. The zero-order valence-electron chi connectivity index (χ0n) is 13.0. The number of amides is 1. The first-order valence-corrected chi connectivity index (χ1v) is 8.64. The highest BCUT2D eigenvalue weighted by molar-refractivity contribution is 7.99. The Morgan fingerprint density at radius 1 is 1.29 bits per heavy atom. The Morgan fingerprint density at radius 2 is 2.05 bits per heavy atom. The smallest absolute Gasteiger partial charge is 0.224 e. The number of carbonyl (C=O) groups excluding carboxylic acids is 1. The zero-order chi connectivity index (χ0) is 15.5. The quantitative estimate of drug-likeness (QED) is 0.508. The normalized spacial score (nSPS) is 10.4. The van der Waals surface area contributed by atoms with Gasteiger partial charge in [-0.15, -0.1) is 0 Å². The fourth-order valence-electron chi connectivity index (χ4n) is 1.93. The Hall–Kier alpha value is -1.36. The number of methoxy groups -OCH3 is 1. The van der Waals surface area contributed by atoms with Gasteiger partial charge in [-0.25, -0.2) is 0 Å². The van der Waals surface area contributed by atoms with Crippen molar-refractivity contribution in [3.63, 3.8) is 0 Å². The molecular weight excluding hydrogens is 284 g/mol. The molecule has 1 aromatic carbocycles. The summed E-state index contributed by atoms with van der Waals surface area (Å²) in [5.41, 5.74) is 6.97. The highest BCUT2D eigenvalue weighted by Gasteiger charge is 2.07. The average molecular weight is 310 g/mol. The minimum Gasteiger partial charge on any atom is -0.495 e. The minimum atomic E-state index is 0.00746. The van der Waals surface area contributed by atoms with Crippen molar-refractivity contribution in [3.8, 4) is 5.75 Å². The molecule has 1 amide bonds. The molecule has 0 aromatic heterocycles. The molecule has 0 aliphatic heterocycles. The number of hydrogen-bond donors (Lipinski definition) is 2. The predicted molar refractivity (Wildman–Crippen MR) is 92.1 cm³/mol. The van der Waals surface area contributed by atoms with Crippen LogP contribution >= 0.6 is 11.8 Å². The number of nitrogen functional groups attached to an aromatic ring is 1. The molecule has 21 heavy (non-hydrogen) atoms. The number of nitrogens with one attached hydrogen (secondary N) is 1. The van der Waals surface area contributed by atoms with E-state index in [4.69, 9.17) is 10.5 Å². The number of hydrogen-bond acceptors (Lipinski definition) is 4. The molecule has 0 aliphatic rings. The fraction of sp³-hybridized carbons (Fsp3) is 0.562. The summed E-state index contributed by atoms with van der Waals surface area (Å²) in [6.07, 6.45) is 5.24. The largest absolute Gasteiger partial charge is 0.495 e. The number of anilines is 2.